The van der Waals surface area contributed by atoms with Gasteiger partial charge in [-0.3, -0.25) is 0 Å². The predicted octanol–water partition coefficient (Wildman–Crippen LogP) is 3.94. The largest absolute Gasteiger partial charge is 0.496 e. The van der Waals surface area contributed by atoms with Gasteiger partial charge in [0, 0.05) is 0 Å². The Morgan fingerprint density at radius 2 is 1.52 bits per heavy atom. The number of rotatable bonds is 4. The highest BCUT2D eigenvalue weighted by Gasteiger charge is 2.35. The minimum atomic E-state index is -0.635. The van der Waals surface area contributed by atoms with Crippen LogP contribution in [0.2, 0.25) is 0 Å². The molecule has 0 saturated heterocycles. The Morgan fingerprint density at radius 3 is 2.36 bits per heavy atom. The van der Waals surface area contributed by atoms with Crippen LogP contribution in [0.5, 0.6) is 5.75 Å². The van der Waals surface area contributed by atoms with Crippen molar-refractivity contribution in [3.63, 3.8) is 0 Å². The lowest BCUT2D eigenvalue weighted by Gasteiger charge is -2.10. The van der Waals surface area contributed by atoms with E-state index in [-0.39, 0.29) is 5.56 Å². The Kier molecular flexibility index (Phi) is 3.73. The Morgan fingerprint density at radius 1 is 0.800 bits per heavy atom. The smallest absolute Gasteiger partial charge is 0.350 e. The highest BCUT2D eigenvalue weighted by Crippen LogP contribution is 2.32. The summed E-state index contributed by atoms with van der Waals surface area (Å²) < 4.78 is 9.98. The van der Waals surface area contributed by atoms with Gasteiger partial charge in [0.1, 0.15) is 11.3 Å². The van der Waals surface area contributed by atoms with Gasteiger partial charge in [0.15, 0.2) is 0 Å². The van der Waals surface area contributed by atoms with Crippen LogP contribution in [0, 0.1) is 0 Å². The van der Waals surface area contributed by atoms with E-state index >= 15 is 0 Å². The summed E-state index contributed by atoms with van der Waals surface area (Å²) in [6.07, 6.45) is 1.41. The number of hydrogen-bond acceptors (Lipinski definition) is 4. The van der Waals surface area contributed by atoms with E-state index in [2.05, 4.69) is 24.3 Å². The summed E-state index contributed by atoms with van der Waals surface area (Å²) in [7, 11) is 1.47. The average molecular weight is 332 g/mol. The molecule has 0 aliphatic carbocycles. The number of ether oxygens (including phenoxy) is 2. The monoisotopic (exact) mass is 332 g/mol. The molecule has 0 atom stereocenters. The maximum absolute atomic E-state index is 12.1. The highest BCUT2D eigenvalue weighted by atomic mass is 16.6. The van der Waals surface area contributed by atoms with Crippen molar-refractivity contribution < 1.29 is 19.1 Å². The number of methoxy groups -OCH3 is 1. The standard InChI is InChI=1S/C21H16O4/c1-24-17-12-11-15(18-19(17)21(23)25-20(18)22)10-9-14-7-4-6-13-5-2-3-8-16(13)14/h2-8,11-12H,9-10H2,1H3. The molecule has 0 radical (unpaired) electrons. The first-order chi connectivity index (χ1) is 12.2. The molecule has 4 rings (SSSR count). The van der Waals surface area contributed by atoms with Crippen molar-refractivity contribution in [1.82, 2.24) is 0 Å². The summed E-state index contributed by atoms with van der Waals surface area (Å²) in [5, 5.41) is 2.39. The molecule has 3 aromatic rings. The fourth-order valence-electron chi connectivity index (χ4n) is 3.41. The van der Waals surface area contributed by atoms with E-state index in [1.807, 2.05) is 24.3 Å². The first kappa shape index (κ1) is 15.4. The fourth-order valence-corrected chi connectivity index (χ4v) is 3.41. The zero-order chi connectivity index (χ0) is 17.4. The number of carbonyl (C=O) groups is 2. The third-order valence-electron chi connectivity index (χ3n) is 4.61. The van der Waals surface area contributed by atoms with E-state index in [0.717, 1.165) is 12.0 Å². The molecule has 1 aliphatic heterocycles. The number of esters is 2. The Bertz CT molecular complexity index is 999. The van der Waals surface area contributed by atoms with Crippen molar-refractivity contribution in [2.45, 2.75) is 12.8 Å². The van der Waals surface area contributed by atoms with E-state index < -0.39 is 11.9 Å². The fraction of sp³-hybridized carbons (Fsp3) is 0.143. The van der Waals surface area contributed by atoms with E-state index in [1.54, 1.807) is 6.07 Å². The molecule has 0 bridgehead atoms. The van der Waals surface area contributed by atoms with Gasteiger partial charge in [0.05, 0.1) is 12.7 Å². The lowest BCUT2D eigenvalue weighted by Crippen LogP contribution is -2.03. The van der Waals surface area contributed by atoms with Gasteiger partial charge < -0.3 is 9.47 Å². The molecule has 0 spiro atoms. The Balaban J connectivity index is 1.70. The number of aryl methyl sites for hydroxylation is 2. The zero-order valence-electron chi connectivity index (χ0n) is 13.7. The van der Waals surface area contributed by atoms with E-state index in [0.29, 0.717) is 17.7 Å². The number of benzene rings is 3. The summed E-state index contributed by atoms with van der Waals surface area (Å²) in [6, 6.07) is 18.0. The van der Waals surface area contributed by atoms with Gasteiger partial charge in [0.25, 0.3) is 0 Å². The molecule has 1 aliphatic rings. The molecule has 25 heavy (non-hydrogen) atoms. The van der Waals surface area contributed by atoms with Crippen LogP contribution in [0.1, 0.15) is 31.8 Å². The molecular formula is C21H16O4. The zero-order valence-corrected chi connectivity index (χ0v) is 13.7. The third-order valence-corrected chi connectivity index (χ3v) is 4.61. The van der Waals surface area contributed by atoms with Gasteiger partial charge in [-0.1, -0.05) is 48.5 Å². The molecular weight excluding hydrogens is 316 g/mol. The average Bonchev–Trinajstić information content (AvgIpc) is 2.95. The molecule has 0 saturated carbocycles. The topological polar surface area (TPSA) is 52.6 Å². The minimum absolute atomic E-state index is 0.239. The summed E-state index contributed by atoms with van der Waals surface area (Å²) in [5.74, 6) is -0.851. The molecule has 0 unspecified atom stereocenters. The normalized spacial score (nSPS) is 13.0. The first-order valence-electron chi connectivity index (χ1n) is 8.12. The quantitative estimate of drug-likeness (QED) is 0.536. The molecule has 1 heterocycles. The van der Waals surface area contributed by atoms with Gasteiger partial charge >= 0.3 is 11.9 Å². The molecule has 3 aromatic carbocycles. The van der Waals surface area contributed by atoms with Gasteiger partial charge in [-0.25, -0.2) is 9.59 Å². The van der Waals surface area contributed by atoms with Crippen LogP contribution in [0.3, 0.4) is 0 Å². The Hall–Kier alpha value is -3.14. The molecule has 4 heteroatoms. The van der Waals surface area contributed by atoms with Gasteiger partial charge in [-0.15, -0.1) is 0 Å². The van der Waals surface area contributed by atoms with Gasteiger partial charge in [0.2, 0.25) is 0 Å². The van der Waals surface area contributed by atoms with Crippen molar-refractivity contribution in [3.8, 4) is 5.75 Å². The van der Waals surface area contributed by atoms with Crippen molar-refractivity contribution in [2.24, 2.45) is 0 Å². The summed E-state index contributed by atoms with van der Waals surface area (Å²) >= 11 is 0. The molecule has 0 aromatic heterocycles. The second-order valence-corrected chi connectivity index (χ2v) is 5.99. The summed E-state index contributed by atoms with van der Waals surface area (Å²) in [5.41, 5.74) is 2.59. The second kappa shape index (κ2) is 6.06. The van der Waals surface area contributed by atoms with Crippen molar-refractivity contribution >= 4 is 22.7 Å². The number of cyclic esters (lactones) is 2. The lowest BCUT2D eigenvalue weighted by atomic mass is 9.94. The van der Waals surface area contributed by atoms with Crippen LogP contribution in [0.15, 0.2) is 54.6 Å². The van der Waals surface area contributed by atoms with Gasteiger partial charge in [-0.2, -0.15) is 0 Å². The van der Waals surface area contributed by atoms with E-state index in [4.69, 9.17) is 9.47 Å². The SMILES string of the molecule is COc1ccc(CCc2cccc3ccccc23)c2c1C(=O)OC2=O. The van der Waals surface area contributed by atoms with E-state index in [1.165, 1.54) is 23.4 Å². The van der Waals surface area contributed by atoms with Crippen LogP contribution in [0.4, 0.5) is 0 Å². The van der Waals surface area contributed by atoms with Crippen molar-refractivity contribution in [2.75, 3.05) is 7.11 Å². The van der Waals surface area contributed by atoms with Gasteiger partial charge in [-0.05, 0) is 40.8 Å². The maximum Gasteiger partial charge on any atom is 0.350 e. The molecule has 0 N–H and O–H groups in total. The van der Waals surface area contributed by atoms with Crippen LogP contribution in [-0.2, 0) is 17.6 Å². The first-order valence-corrected chi connectivity index (χ1v) is 8.12. The Labute approximate surface area is 145 Å². The number of hydrogen-bond donors (Lipinski definition) is 0. The molecule has 0 fully saturated rings. The molecule has 124 valence electrons. The lowest BCUT2D eigenvalue weighted by molar-refractivity contribution is 0.0442. The predicted molar refractivity (Wildman–Crippen MR) is 94.1 cm³/mol. The second-order valence-electron chi connectivity index (χ2n) is 5.99. The summed E-state index contributed by atoms with van der Waals surface area (Å²) in [4.78, 5) is 24.0. The number of carbonyl (C=O) groups excluding carboxylic acids is 2. The molecule has 0 amide bonds. The summed E-state index contributed by atoms with van der Waals surface area (Å²) in [6.45, 7) is 0. The van der Waals surface area contributed by atoms with Crippen LogP contribution in [-0.4, -0.2) is 19.0 Å². The maximum atomic E-state index is 12.1. The van der Waals surface area contributed by atoms with Crippen molar-refractivity contribution in [3.05, 3.63) is 76.9 Å². The van der Waals surface area contributed by atoms with E-state index in [9.17, 15) is 9.59 Å². The van der Waals surface area contributed by atoms with Crippen LogP contribution < -0.4 is 4.74 Å². The van der Waals surface area contributed by atoms with Crippen LogP contribution in [0.25, 0.3) is 10.8 Å². The highest BCUT2D eigenvalue weighted by molar-refractivity contribution is 6.17. The minimum Gasteiger partial charge on any atom is -0.496 e. The number of fused-ring (bicyclic) bond motifs is 2. The molecule has 4 nitrogen and oxygen atoms in total. The van der Waals surface area contributed by atoms with Crippen LogP contribution >= 0.6 is 0 Å². The third kappa shape index (κ3) is 2.56. The van der Waals surface area contributed by atoms with Crippen molar-refractivity contribution in [1.29, 1.82) is 0 Å².